The second-order valence-electron chi connectivity index (χ2n) is 4.78. The Morgan fingerprint density at radius 3 is 1.71 bits per heavy atom. The molecule has 1 atom stereocenters. The molecule has 2 nitrogen and oxygen atoms in total. The molecule has 2 aromatic carbocycles. The number of aliphatic hydroxyl groups is 1. The summed E-state index contributed by atoms with van der Waals surface area (Å²) < 4.78 is 90.8. The fourth-order valence-electron chi connectivity index (χ4n) is 2.06. The first-order chi connectivity index (χ1) is 11.0. The number of benzene rings is 2. The third-order valence-electron chi connectivity index (χ3n) is 3.25. The van der Waals surface area contributed by atoms with Crippen LogP contribution < -0.4 is 0 Å². The van der Waals surface area contributed by atoms with Crippen molar-refractivity contribution in [2.24, 2.45) is 0 Å². The molecule has 0 aliphatic heterocycles. The summed E-state index contributed by atoms with van der Waals surface area (Å²) in [4.78, 5) is -0.752. The molecule has 0 amide bonds. The highest BCUT2D eigenvalue weighted by Crippen LogP contribution is 2.51. The predicted molar refractivity (Wildman–Crippen MR) is 73.6 cm³/mol. The molecular weight excluding hydrogens is 358 g/mol. The lowest BCUT2D eigenvalue weighted by molar-refractivity contribution is -0.377. The Hall–Kier alpha value is -1.87. The van der Waals surface area contributed by atoms with Crippen LogP contribution in [0.5, 0.6) is 0 Å². The zero-order chi connectivity index (χ0) is 18.2. The van der Waals surface area contributed by atoms with Crippen molar-refractivity contribution in [3.05, 3.63) is 60.2 Å². The second-order valence-corrected chi connectivity index (χ2v) is 6.23. The van der Waals surface area contributed by atoms with Gasteiger partial charge in [-0.15, -0.1) is 0 Å². The lowest BCUT2D eigenvalue weighted by atomic mass is 9.92. The maximum absolute atomic E-state index is 13.1. The third kappa shape index (κ3) is 3.05. The normalized spacial score (nSPS) is 14.5. The maximum atomic E-state index is 13.1. The first-order valence-corrected chi connectivity index (χ1v) is 7.57. The van der Waals surface area contributed by atoms with Crippen molar-refractivity contribution >= 4 is 10.8 Å². The van der Waals surface area contributed by atoms with E-state index in [0.717, 1.165) is 18.2 Å². The molecule has 2 rings (SSSR count). The lowest BCUT2D eigenvalue weighted by Gasteiger charge is -2.33. The van der Waals surface area contributed by atoms with Gasteiger partial charge in [-0.3, -0.25) is 0 Å². The SMILES string of the molecule is O=S(c1ccccc1)c1ccccc1C(O)(C(F)(F)F)C(F)(F)F. The summed E-state index contributed by atoms with van der Waals surface area (Å²) in [6, 6.07) is 10.4. The lowest BCUT2D eigenvalue weighted by Crippen LogP contribution is -2.54. The van der Waals surface area contributed by atoms with Gasteiger partial charge in [-0.25, -0.2) is 4.21 Å². The van der Waals surface area contributed by atoms with Crippen LogP contribution in [0.25, 0.3) is 0 Å². The van der Waals surface area contributed by atoms with E-state index in [4.69, 9.17) is 0 Å². The average molecular weight is 368 g/mol. The quantitative estimate of drug-likeness (QED) is 0.826. The summed E-state index contributed by atoms with van der Waals surface area (Å²) >= 11 is 0. The van der Waals surface area contributed by atoms with E-state index in [1.807, 2.05) is 0 Å². The van der Waals surface area contributed by atoms with Gasteiger partial charge in [-0.05, 0) is 18.2 Å². The molecule has 0 fully saturated rings. The van der Waals surface area contributed by atoms with Crippen LogP contribution >= 0.6 is 0 Å². The van der Waals surface area contributed by atoms with Gasteiger partial charge >= 0.3 is 12.4 Å². The van der Waals surface area contributed by atoms with Crippen molar-refractivity contribution in [2.75, 3.05) is 0 Å². The van der Waals surface area contributed by atoms with Crippen LogP contribution in [0, 0.1) is 0 Å². The second kappa shape index (κ2) is 6.21. The number of alkyl halides is 6. The zero-order valence-corrected chi connectivity index (χ0v) is 12.5. The largest absolute Gasteiger partial charge is 0.430 e. The van der Waals surface area contributed by atoms with Gasteiger partial charge in [0.25, 0.3) is 5.60 Å². The highest BCUT2D eigenvalue weighted by molar-refractivity contribution is 7.85. The molecule has 1 N–H and O–H groups in total. The third-order valence-corrected chi connectivity index (χ3v) is 4.71. The monoisotopic (exact) mass is 368 g/mol. The summed E-state index contributed by atoms with van der Waals surface area (Å²) in [5, 5.41) is 9.55. The smallest absolute Gasteiger partial charge is 0.369 e. The summed E-state index contributed by atoms with van der Waals surface area (Å²) in [6.07, 6.45) is -12.1. The van der Waals surface area contributed by atoms with Gasteiger partial charge in [0.2, 0.25) is 0 Å². The van der Waals surface area contributed by atoms with Crippen molar-refractivity contribution < 1.29 is 35.7 Å². The molecule has 0 saturated heterocycles. The Labute approximate surface area is 135 Å². The summed E-state index contributed by atoms with van der Waals surface area (Å²) in [5.74, 6) is 0. The van der Waals surface area contributed by atoms with Gasteiger partial charge in [0.05, 0.1) is 15.7 Å². The predicted octanol–water partition coefficient (Wildman–Crippen LogP) is 4.17. The Bertz CT molecular complexity index is 726. The van der Waals surface area contributed by atoms with E-state index in [0.29, 0.717) is 6.07 Å². The molecule has 0 aromatic heterocycles. The van der Waals surface area contributed by atoms with Crippen LogP contribution in [0.3, 0.4) is 0 Å². The highest BCUT2D eigenvalue weighted by atomic mass is 32.2. The van der Waals surface area contributed by atoms with Crippen LogP contribution in [0.1, 0.15) is 5.56 Å². The van der Waals surface area contributed by atoms with E-state index >= 15 is 0 Å². The molecule has 130 valence electrons. The average Bonchev–Trinajstić information content (AvgIpc) is 2.52. The Morgan fingerprint density at radius 2 is 1.21 bits per heavy atom. The number of rotatable bonds is 3. The summed E-state index contributed by atoms with van der Waals surface area (Å²) in [5.41, 5.74) is -6.63. The molecule has 0 heterocycles. The maximum Gasteiger partial charge on any atom is 0.430 e. The first kappa shape index (κ1) is 18.5. The van der Waals surface area contributed by atoms with E-state index in [1.54, 1.807) is 6.07 Å². The van der Waals surface area contributed by atoms with E-state index in [1.165, 1.54) is 24.3 Å². The first-order valence-electron chi connectivity index (χ1n) is 6.42. The molecule has 0 aliphatic rings. The van der Waals surface area contributed by atoms with E-state index < -0.39 is 39.2 Å². The highest BCUT2D eigenvalue weighted by Gasteiger charge is 2.72. The van der Waals surface area contributed by atoms with Crippen molar-refractivity contribution in [3.63, 3.8) is 0 Å². The van der Waals surface area contributed by atoms with Crippen molar-refractivity contribution in [2.45, 2.75) is 27.7 Å². The zero-order valence-electron chi connectivity index (χ0n) is 11.7. The fourth-order valence-corrected chi connectivity index (χ4v) is 3.34. The molecule has 1 unspecified atom stereocenters. The molecule has 0 radical (unpaired) electrons. The van der Waals surface area contributed by atoms with Gasteiger partial charge < -0.3 is 5.11 Å². The van der Waals surface area contributed by atoms with Crippen LogP contribution in [-0.2, 0) is 16.4 Å². The number of halogens is 6. The van der Waals surface area contributed by atoms with Crippen LogP contribution in [-0.4, -0.2) is 21.7 Å². The molecule has 0 aliphatic carbocycles. The Balaban J connectivity index is 2.70. The van der Waals surface area contributed by atoms with Crippen LogP contribution in [0.2, 0.25) is 0 Å². The van der Waals surface area contributed by atoms with Gasteiger partial charge in [0.1, 0.15) is 0 Å². The Morgan fingerprint density at radius 1 is 0.750 bits per heavy atom. The van der Waals surface area contributed by atoms with E-state index in [2.05, 4.69) is 0 Å². The Kier molecular flexibility index (Phi) is 4.78. The summed E-state index contributed by atoms with van der Waals surface area (Å²) in [7, 11) is -2.33. The van der Waals surface area contributed by atoms with Crippen molar-refractivity contribution in [1.82, 2.24) is 0 Å². The minimum Gasteiger partial charge on any atom is -0.369 e. The molecule has 24 heavy (non-hydrogen) atoms. The molecule has 0 saturated carbocycles. The summed E-state index contributed by atoms with van der Waals surface area (Å²) in [6.45, 7) is 0. The van der Waals surface area contributed by atoms with Crippen molar-refractivity contribution in [3.8, 4) is 0 Å². The van der Waals surface area contributed by atoms with Gasteiger partial charge in [0.15, 0.2) is 0 Å². The minimum absolute atomic E-state index is 0.0108. The molecule has 2 aromatic rings. The molecular formula is C15H10F6O2S. The van der Waals surface area contributed by atoms with E-state index in [9.17, 15) is 35.7 Å². The number of hydrogen-bond acceptors (Lipinski definition) is 2. The van der Waals surface area contributed by atoms with Crippen LogP contribution in [0.15, 0.2) is 64.4 Å². The topological polar surface area (TPSA) is 37.3 Å². The van der Waals surface area contributed by atoms with Gasteiger partial charge in [-0.1, -0.05) is 36.4 Å². The van der Waals surface area contributed by atoms with E-state index in [-0.39, 0.29) is 4.90 Å². The molecule has 0 bridgehead atoms. The number of hydrogen-bond donors (Lipinski definition) is 1. The molecule has 0 spiro atoms. The minimum atomic E-state index is -6.04. The van der Waals surface area contributed by atoms with Crippen LogP contribution in [0.4, 0.5) is 26.3 Å². The van der Waals surface area contributed by atoms with Gasteiger partial charge in [0, 0.05) is 10.5 Å². The molecule has 9 heteroatoms. The van der Waals surface area contributed by atoms with Gasteiger partial charge in [-0.2, -0.15) is 26.3 Å². The standard InChI is InChI=1S/C15H10F6O2S/c16-14(17,18)13(22,15(19,20)21)11-8-4-5-9-12(11)24(23)10-6-2-1-3-7-10/h1-9,22H. The van der Waals surface area contributed by atoms with Crippen molar-refractivity contribution in [1.29, 1.82) is 0 Å². The fraction of sp³-hybridized carbons (Fsp3) is 0.200.